The minimum Gasteiger partial charge on any atom is -0.481 e. The van der Waals surface area contributed by atoms with Crippen LogP contribution in [0.3, 0.4) is 0 Å². The second-order valence-electron chi connectivity index (χ2n) is 7.32. The van der Waals surface area contributed by atoms with E-state index in [0.29, 0.717) is 34.8 Å². The summed E-state index contributed by atoms with van der Waals surface area (Å²) in [5.74, 6) is -0.446. The molecule has 164 valence electrons. The molecule has 1 unspecified atom stereocenters. The van der Waals surface area contributed by atoms with Crippen LogP contribution in [0.2, 0.25) is 0 Å². The van der Waals surface area contributed by atoms with E-state index in [9.17, 15) is 14.7 Å². The highest BCUT2D eigenvalue weighted by Gasteiger charge is 2.17. The lowest BCUT2D eigenvalue weighted by Gasteiger charge is -2.15. The molecule has 0 radical (unpaired) electrons. The predicted molar refractivity (Wildman–Crippen MR) is 124 cm³/mol. The summed E-state index contributed by atoms with van der Waals surface area (Å²) < 4.78 is 0. The molecule has 1 atom stereocenters. The summed E-state index contributed by atoms with van der Waals surface area (Å²) in [7, 11) is 0. The zero-order valence-electron chi connectivity index (χ0n) is 17.5. The number of benzene rings is 1. The van der Waals surface area contributed by atoms with Gasteiger partial charge < -0.3 is 15.7 Å². The van der Waals surface area contributed by atoms with Crippen LogP contribution in [-0.4, -0.2) is 47.2 Å². The van der Waals surface area contributed by atoms with Gasteiger partial charge in [0.1, 0.15) is 4.88 Å². The standard InChI is InChI=1S/C22H27N5O3S/c1-15-19(31-22(26-15)27-21-24-12-7-13-25-21)20(30)23-11-6-5-10-17(14-18(28)29)16-8-3-2-4-9-16/h2-4,8-9,12,17H,5-7,10-11,13-14H2,1H3,(H,23,30)(H,28,29)(H,25,26,27). The van der Waals surface area contributed by atoms with Gasteiger partial charge in [0, 0.05) is 25.7 Å². The van der Waals surface area contributed by atoms with E-state index in [0.717, 1.165) is 31.2 Å². The summed E-state index contributed by atoms with van der Waals surface area (Å²) in [6.07, 6.45) is 5.13. The zero-order chi connectivity index (χ0) is 22.1. The molecule has 2 heterocycles. The van der Waals surface area contributed by atoms with Gasteiger partial charge in [0.25, 0.3) is 5.91 Å². The van der Waals surface area contributed by atoms with Gasteiger partial charge in [-0.05, 0) is 31.2 Å². The number of hydrogen-bond acceptors (Lipinski definition) is 7. The fraction of sp³-hybridized carbons (Fsp3) is 0.409. The normalized spacial score (nSPS) is 14.0. The molecule has 2 aromatic rings. The van der Waals surface area contributed by atoms with Crippen molar-refractivity contribution in [3.63, 3.8) is 0 Å². The quantitative estimate of drug-likeness (QED) is 0.484. The van der Waals surface area contributed by atoms with E-state index in [1.165, 1.54) is 11.3 Å². The van der Waals surface area contributed by atoms with Crippen LogP contribution in [0.1, 0.15) is 59.0 Å². The maximum absolute atomic E-state index is 12.5. The molecule has 9 heteroatoms. The Labute approximate surface area is 185 Å². The third-order valence-electron chi connectivity index (χ3n) is 4.91. The Kier molecular flexibility index (Phi) is 8.28. The molecular weight excluding hydrogens is 414 g/mol. The smallest absolute Gasteiger partial charge is 0.303 e. The van der Waals surface area contributed by atoms with Crippen molar-refractivity contribution in [1.29, 1.82) is 0 Å². The van der Waals surface area contributed by atoms with Gasteiger partial charge in [0.15, 0.2) is 5.13 Å². The third-order valence-corrected chi connectivity index (χ3v) is 5.98. The van der Waals surface area contributed by atoms with Gasteiger partial charge in [-0.3, -0.25) is 14.6 Å². The van der Waals surface area contributed by atoms with Crippen LogP contribution in [0.25, 0.3) is 0 Å². The Bertz CT molecular complexity index is 955. The van der Waals surface area contributed by atoms with Gasteiger partial charge in [-0.25, -0.2) is 9.98 Å². The second kappa shape index (κ2) is 11.4. The van der Waals surface area contributed by atoms with Crippen LogP contribution in [0.15, 0.2) is 40.3 Å². The largest absolute Gasteiger partial charge is 0.481 e. The number of unbranched alkanes of at least 4 members (excludes halogenated alkanes) is 1. The van der Waals surface area contributed by atoms with Crippen LogP contribution in [0.4, 0.5) is 5.13 Å². The zero-order valence-corrected chi connectivity index (χ0v) is 18.3. The van der Waals surface area contributed by atoms with Gasteiger partial charge in [-0.1, -0.05) is 48.1 Å². The van der Waals surface area contributed by atoms with Crippen molar-refractivity contribution in [1.82, 2.24) is 10.3 Å². The first kappa shape index (κ1) is 22.6. The van der Waals surface area contributed by atoms with Gasteiger partial charge in [-0.2, -0.15) is 0 Å². The Morgan fingerprint density at radius 3 is 2.74 bits per heavy atom. The number of carboxylic acids is 1. The minimum absolute atomic E-state index is 0.0165. The van der Waals surface area contributed by atoms with Crippen LogP contribution < -0.4 is 10.6 Å². The van der Waals surface area contributed by atoms with Gasteiger partial charge in [-0.15, -0.1) is 0 Å². The van der Waals surface area contributed by atoms with Crippen molar-refractivity contribution in [2.24, 2.45) is 9.98 Å². The lowest BCUT2D eigenvalue weighted by Crippen LogP contribution is -2.24. The molecule has 0 aliphatic carbocycles. The molecule has 1 aliphatic heterocycles. The number of aromatic nitrogens is 1. The molecule has 31 heavy (non-hydrogen) atoms. The number of aliphatic carboxylic acids is 1. The highest BCUT2D eigenvalue weighted by Crippen LogP contribution is 2.26. The number of hydrogen-bond donors (Lipinski definition) is 3. The SMILES string of the molecule is Cc1nc(NC2=NCCC=N2)sc1C(=O)NCCCCC(CC(=O)O)c1ccccc1. The van der Waals surface area contributed by atoms with Crippen molar-refractivity contribution >= 4 is 40.5 Å². The monoisotopic (exact) mass is 441 g/mol. The highest BCUT2D eigenvalue weighted by atomic mass is 32.1. The Morgan fingerprint density at radius 1 is 1.23 bits per heavy atom. The molecule has 3 N–H and O–H groups in total. The number of guanidine groups is 1. The number of amides is 1. The van der Waals surface area contributed by atoms with Crippen molar-refractivity contribution in [2.45, 2.75) is 44.9 Å². The third kappa shape index (κ3) is 6.99. The Hall–Kier alpha value is -3.07. The molecule has 0 spiro atoms. The molecule has 8 nitrogen and oxygen atoms in total. The van der Waals surface area contributed by atoms with E-state index in [2.05, 4.69) is 25.6 Å². The fourth-order valence-electron chi connectivity index (χ4n) is 3.37. The molecule has 0 saturated heterocycles. The average Bonchev–Trinajstić information content (AvgIpc) is 3.13. The molecule has 1 aliphatic rings. The second-order valence-corrected chi connectivity index (χ2v) is 8.32. The van der Waals surface area contributed by atoms with Crippen molar-refractivity contribution in [3.05, 3.63) is 46.5 Å². The fourth-order valence-corrected chi connectivity index (χ4v) is 4.24. The maximum Gasteiger partial charge on any atom is 0.303 e. The topological polar surface area (TPSA) is 116 Å². The van der Waals surface area contributed by atoms with Crippen LogP contribution in [-0.2, 0) is 4.79 Å². The van der Waals surface area contributed by atoms with Gasteiger partial charge >= 0.3 is 5.97 Å². The molecular formula is C22H27N5O3S. The Balaban J connectivity index is 1.45. The van der Waals surface area contributed by atoms with E-state index in [4.69, 9.17) is 0 Å². The summed E-state index contributed by atoms with van der Waals surface area (Å²) >= 11 is 1.28. The molecule has 1 amide bonds. The van der Waals surface area contributed by atoms with Crippen molar-refractivity contribution < 1.29 is 14.7 Å². The number of aliphatic imine (C=N–C) groups is 2. The highest BCUT2D eigenvalue weighted by molar-refractivity contribution is 7.17. The molecule has 0 saturated carbocycles. The number of nitrogens with zero attached hydrogens (tertiary/aromatic N) is 3. The van der Waals surface area contributed by atoms with Crippen LogP contribution in [0.5, 0.6) is 0 Å². The van der Waals surface area contributed by atoms with E-state index < -0.39 is 5.97 Å². The number of thiazole rings is 1. The lowest BCUT2D eigenvalue weighted by molar-refractivity contribution is -0.137. The first-order valence-electron chi connectivity index (χ1n) is 10.4. The maximum atomic E-state index is 12.5. The molecule has 0 fully saturated rings. The van der Waals surface area contributed by atoms with E-state index in [1.54, 1.807) is 6.92 Å². The lowest BCUT2D eigenvalue weighted by atomic mass is 9.90. The number of carbonyl (C=O) groups excluding carboxylic acids is 1. The minimum atomic E-state index is -0.794. The summed E-state index contributed by atoms with van der Waals surface area (Å²) in [6.45, 7) is 3.03. The first-order valence-corrected chi connectivity index (χ1v) is 11.2. The van der Waals surface area contributed by atoms with E-state index in [-0.39, 0.29) is 18.2 Å². The van der Waals surface area contributed by atoms with E-state index >= 15 is 0 Å². The average molecular weight is 442 g/mol. The first-order chi connectivity index (χ1) is 15.0. The predicted octanol–water partition coefficient (Wildman–Crippen LogP) is 3.85. The molecule has 1 aromatic heterocycles. The number of aryl methyl sites for hydroxylation is 1. The summed E-state index contributed by atoms with van der Waals surface area (Å²) in [4.78, 5) is 37.1. The number of carboxylic acid groups (broad SMARTS) is 1. The number of anilines is 1. The molecule has 3 rings (SSSR count). The number of rotatable bonds is 10. The van der Waals surface area contributed by atoms with Gasteiger partial charge in [0.05, 0.1) is 12.1 Å². The van der Waals surface area contributed by atoms with Crippen molar-refractivity contribution in [2.75, 3.05) is 18.4 Å². The van der Waals surface area contributed by atoms with Crippen LogP contribution >= 0.6 is 11.3 Å². The van der Waals surface area contributed by atoms with Crippen LogP contribution in [0, 0.1) is 6.92 Å². The summed E-state index contributed by atoms with van der Waals surface area (Å²) in [6, 6.07) is 9.72. The number of carbonyl (C=O) groups is 2. The van der Waals surface area contributed by atoms with E-state index in [1.807, 2.05) is 36.5 Å². The summed E-state index contributed by atoms with van der Waals surface area (Å²) in [5.41, 5.74) is 1.71. The van der Waals surface area contributed by atoms with Gasteiger partial charge in [0.2, 0.25) is 5.96 Å². The molecule has 1 aromatic carbocycles. The number of nitrogens with one attached hydrogen (secondary N) is 2. The van der Waals surface area contributed by atoms with Crippen molar-refractivity contribution in [3.8, 4) is 0 Å². The Morgan fingerprint density at radius 2 is 2.03 bits per heavy atom. The molecule has 0 bridgehead atoms. The summed E-state index contributed by atoms with van der Waals surface area (Å²) in [5, 5.41) is 15.8.